The van der Waals surface area contributed by atoms with E-state index in [4.69, 9.17) is 0 Å². The summed E-state index contributed by atoms with van der Waals surface area (Å²) in [7, 11) is 0. The molecule has 0 bridgehead atoms. The van der Waals surface area contributed by atoms with Crippen LogP contribution in [0.25, 0.3) is 0 Å². The van der Waals surface area contributed by atoms with E-state index in [1.807, 2.05) is 30.0 Å². The quantitative estimate of drug-likeness (QED) is 0.926. The lowest BCUT2D eigenvalue weighted by Crippen LogP contribution is -2.57. The van der Waals surface area contributed by atoms with Crippen LogP contribution < -0.4 is 0 Å². The van der Waals surface area contributed by atoms with Crippen molar-refractivity contribution in [3.8, 4) is 0 Å². The lowest BCUT2D eigenvalue weighted by molar-refractivity contribution is -0.150. The van der Waals surface area contributed by atoms with Crippen LogP contribution in [0.1, 0.15) is 23.7 Å². The van der Waals surface area contributed by atoms with Crippen LogP contribution in [0.4, 0.5) is 0 Å². The number of amides is 2. The number of nitrogens with one attached hydrogen (secondary N) is 1. The molecule has 0 aliphatic carbocycles. The molecule has 24 heavy (non-hydrogen) atoms. The third-order valence-electron chi connectivity index (χ3n) is 4.42. The van der Waals surface area contributed by atoms with E-state index in [-0.39, 0.29) is 18.2 Å². The Labute approximate surface area is 141 Å². The first kappa shape index (κ1) is 16.2. The van der Waals surface area contributed by atoms with E-state index in [9.17, 15) is 9.59 Å². The highest BCUT2D eigenvalue weighted by Crippen LogP contribution is 2.16. The van der Waals surface area contributed by atoms with Crippen LogP contribution in [-0.4, -0.2) is 50.7 Å². The fourth-order valence-corrected chi connectivity index (χ4v) is 3.10. The van der Waals surface area contributed by atoms with Gasteiger partial charge in [-0.1, -0.05) is 29.8 Å². The lowest BCUT2D eigenvalue weighted by Gasteiger charge is -2.39. The molecule has 3 rings (SSSR count). The molecule has 1 atom stereocenters. The first-order valence-corrected chi connectivity index (χ1v) is 8.15. The number of aryl methyl sites for hydroxylation is 1. The summed E-state index contributed by atoms with van der Waals surface area (Å²) in [5.74, 6) is -0.0453. The molecule has 126 valence electrons. The molecule has 0 saturated carbocycles. The maximum absolute atomic E-state index is 12.6. The number of carbonyl (C=O) groups excluding carboxylic acids is 2. The highest BCUT2D eigenvalue weighted by molar-refractivity contribution is 5.89. The molecule has 2 aromatic rings. The zero-order valence-electron chi connectivity index (χ0n) is 14.0. The predicted molar refractivity (Wildman–Crippen MR) is 90.1 cm³/mol. The highest BCUT2D eigenvalue weighted by atomic mass is 16.2. The predicted octanol–water partition coefficient (Wildman–Crippen LogP) is 1.52. The monoisotopic (exact) mass is 326 g/mol. The van der Waals surface area contributed by atoms with Crippen molar-refractivity contribution in [2.45, 2.75) is 32.9 Å². The normalized spacial score (nSPS) is 18.1. The van der Waals surface area contributed by atoms with Crippen molar-refractivity contribution in [1.29, 1.82) is 0 Å². The zero-order chi connectivity index (χ0) is 17.1. The lowest BCUT2D eigenvalue weighted by atomic mass is 10.1. The van der Waals surface area contributed by atoms with Gasteiger partial charge in [0.05, 0.1) is 12.7 Å². The summed E-state index contributed by atoms with van der Waals surface area (Å²) in [5.41, 5.74) is 3.07. The Morgan fingerprint density at radius 1 is 1.38 bits per heavy atom. The molecule has 1 aliphatic heterocycles. The van der Waals surface area contributed by atoms with Crippen molar-refractivity contribution in [2.24, 2.45) is 0 Å². The summed E-state index contributed by atoms with van der Waals surface area (Å²) in [6.07, 6.45) is 3.44. The van der Waals surface area contributed by atoms with Crippen LogP contribution in [0, 0.1) is 6.92 Å². The minimum atomic E-state index is -0.431. The molecule has 0 spiro atoms. The van der Waals surface area contributed by atoms with Crippen LogP contribution in [0.15, 0.2) is 36.8 Å². The first-order valence-electron chi connectivity index (χ1n) is 8.15. The molecule has 1 saturated heterocycles. The van der Waals surface area contributed by atoms with Crippen LogP contribution in [0.2, 0.25) is 0 Å². The maximum atomic E-state index is 12.6. The van der Waals surface area contributed by atoms with Crippen LogP contribution >= 0.6 is 0 Å². The first-order chi connectivity index (χ1) is 11.5. The Morgan fingerprint density at radius 3 is 2.92 bits per heavy atom. The van der Waals surface area contributed by atoms with Gasteiger partial charge >= 0.3 is 0 Å². The maximum Gasteiger partial charge on any atom is 0.245 e. The SMILES string of the molecule is Cc1cccc(CN2CCN(C(=O)Cc3cnc[nH]3)[C@@H](C)C2=O)c1. The Hall–Kier alpha value is -2.63. The van der Waals surface area contributed by atoms with Gasteiger partial charge in [-0.2, -0.15) is 0 Å². The Bertz CT molecular complexity index is 726. The number of rotatable bonds is 4. The van der Waals surface area contributed by atoms with Crippen molar-refractivity contribution >= 4 is 11.8 Å². The van der Waals surface area contributed by atoms with E-state index in [1.165, 1.54) is 5.56 Å². The number of benzene rings is 1. The van der Waals surface area contributed by atoms with E-state index in [0.29, 0.717) is 19.6 Å². The summed E-state index contributed by atoms with van der Waals surface area (Å²) in [5, 5.41) is 0. The summed E-state index contributed by atoms with van der Waals surface area (Å²) < 4.78 is 0. The molecule has 0 unspecified atom stereocenters. The average Bonchev–Trinajstić information content (AvgIpc) is 3.05. The molecular formula is C18H22N4O2. The third-order valence-corrected chi connectivity index (χ3v) is 4.42. The topological polar surface area (TPSA) is 69.3 Å². The zero-order valence-corrected chi connectivity index (χ0v) is 14.0. The van der Waals surface area contributed by atoms with E-state index in [0.717, 1.165) is 11.3 Å². The van der Waals surface area contributed by atoms with Gasteiger partial charge in [0.25, 0.3) is 0 Å². The standard InChI is InChI=1S/C18H22N4O2/c1-13-4-3-5-15(8-13)11-21-6-7-22(14(2)18(21)24)17(23)9-16-10-19-12-20-16/h3-5,8,10,12,14H,6-7,9,11H2,1-2H3,(H,19,20)/t14-/m0/s1. The number of hydrogen-bond acceptors (Lipinski definition) is 3. The van der Waals surface area contributed by atoms with Crippen LogP contribution in [0.3, 0.4) is 0 Å². The van der Waals surface area contributed by atoms with Crippen molar-refractivity contribution in [3.63, 3.8) is 0 Å². The number of carbonyl (C=O) groups is 2. The molecule has 1 N–H and O–H groups in total. The number of hydrogen-bond donors (Lipinski definition) is 1. The second-order valence-corrected chi connectivity index (χ2v) is 6.27. The molecule has 2 amide bonds. The third kappa shape index (κ3) is 3.48. The fraction of sp³-hybridized carbons (Fsp3) is 0.389. The summed E-state index contributed by atoms with van der Waals surface area (Å²) in [4.78, 5) is 35.4. The smallest absolute Gasteiger partial charge is 0.245 e. The van der Waals surface area contributed by atoms with Crippen molar-refractivity contribution in [1.82, 2.24) is 19.8 Å². The summed E-state index contributed by atoms with van der Waals surface area (Å²) in [6.45, 7) is 5.56. The molecule has 2 heterocycles. The van der Waals surface area contributed by atoms with E-state index in [2.05, 4.69) is 16.0 Å². The molecule has 6 nitrogen and oxygen atoms in total. The number of aromatic nitrogens is 2. The number of aromatic amines is 1. The largest absolute Gasteiger partial charge is 0.348 e. The summed E-state index contributed by atoms with van der Waals surface area (Å²) in [6, 6.07) is 7.73. The van der Waals surface area contributed by atoms with E-state index >= 15 is 0 Å². The van der Waals surface area contributed by atoms with Crippen molar-refractivity contribution < 1.29 is 9.59 Å². The Morgan fingerprint density at radius 2 is 2.21 bits per heavy atom. The molecule has 1 aromatic carbocycles. The molecule has 1 fully saturated rings. The minimum absolute atomic E-state index is 0.000664. The van der Waals surface area contributed by atoms with Gasteiger partial charge < -0.3 is 14.8 Å². The second-order valence-electron chi connectivity index (χ2n) is 6.27. The number of H-pyrrole nitrogens is 1. The molecule has 0 radical (unpaired) electrons. The van der Waals surface area contributed by atoms with E-state index < -0.39 is 6.04 Å². The van der Waals surface area contributed by atoms with E-state index in [1.54, 1.807) is 24.3 Å². The fourth-order valence-electron chi connectivity index (χ4n) is 3.10. The molecular weight excluding hydrogens is 304 g/mol. The van der Waals surface area contributed by atoms with Gasteiger partial charge in [0.1, 0.15) is 6.04 Å². The van der Waals surface area contributed by atoms with Gasteiger partial charge in [0.15, 0.2) is 0 Å². The molecule has 6 heteroatoms. The van der Waals surface area contributed by atoms with Gasteiger partial charge in [-0.15, -0.1) is 0 Å². The van der Waals surface area contributed by atoms with Crippen molar-refractivity contribution in [2.75, 3.05) is 13.1 Å². The number of piperazine rings is 1. The Kier molecular flexibility index (Phi) is 4.64. The average molecular weight is 326 g/mol. The van der Waals surface area contributed by atoms with Crippen molar-refractivity contribution in [3.05, 3.63) is 53.6 Å². The van der Waals surface area contributed by atoms with Crippen LogP contribution in [0.5, 0.6) is 0 Å². The van der Waals surface area contributed by atoms with Gasteiger partial charge in [0.2, 0.25) is 11.8 Å². The van der Waals surface area contributed by atoms with Gasteiger partial charge in [-0.25, -0.2) is 4.98 Å². The van der Waals surface area contributed by atoms with Gasteiger partial charge in [0, 0.05) is 31.5 Å². The van der Waals surface area contributed by atoms with Gasteiger partial charge in [-0.3, -0.25) is 9.59 Å². The van der Waals surface area contributed by atoms with Gasteiger partial charge in [-0.05, 0) is 19.4 Å². The second kappa shape index (κ2) is 6.86. The molecule has 1 aromatic heterocycles. The highest BCUT2D eigenvalue weighted by Gasteiger charge is 2.34. The van der Waals surface area contributed by atoms with Crippen LogP contribution in [-0.2, 0) is 22.6 Å². The number of nitrogens with zero attached hydrogens (tertiary/aromatic N) is 3. The Balaban J connectivity index is 1.64. The number of imidazole rings is 1. The minimum Gasteiger partial charge on any atom is -0.348 e. The summed E-state index contributed by atoms with van der Waals surface area (Å²) >= 11 is 0. The molecule has 1 aliphatic rings.